The van der Waals surface area contributed by atoms with Crippen LogP contribution in [0, 0.1) is 0 Å². The van der Waals surface area contributed by atoms with Crippen LogP contribution in [-0.4, -0.2) is 73.5 Å². The first-order valence-corrected chi connectivity index (χ1v) is 9.99. The van der Waals surface area contributed by atoms with Gasteiger partial charge in [0.05, 0.1) is 0 Å². The largest absolute Gasteiger partial charge is 0.398 e. The van der Waals surface area contributed by atoms with Gasteiger partial charge in [-0.05, 0) is 39.0 Å². The summed E-state index contributed by atoms with van der Waals surface area (Å²) in [6.07, 6.45) is 2.24. The van der Waals surface area contributed by atoms with E-state index in [1.165, 1.54) is 13.1 Å². The summed E-state index contributed by atoms with van der Waals surface area (Å²) in [6, 6.07) is 1.07. The van der Waals surface area contributed by atoms with Crippen molar-refractivity contribution in [2.24, 2.45) is 0 Å². The molecule has 1 saturated heterocycles. The second-order valence-corrected chi connectivity index (χ2v) is 8.80. The fraction of sp³-hybridized carbons (Fsp3) is 1.00. The molecule has 19 heavy (non-hydrogen) atoms. The topological polar surface area (TPSA) is 45.8 Å². The highest BCUT2D eigenvalue weighted by Gasteiger charge is 2.29. The first-order valence-electron chi connectivity index (χ1n) is 7.47. The molecule has 1 heterocycles. The minimum Gasteiger partial charge on any atom is -0.398 e. The highest BCUT2D eigenvalue weighted by Crippen LogP contribution is 2.15. The van der Waals surface area contributed by atoms with Crippen molar-refractivity contribution in [3.05, 3.63) is 0 Å². The van der Waals surface area contributed by atoms with Crippen LogP contribution in [0.25, 0.3) is 0 Å². The van der Waals surface area contributed by atoms with Crippen LogP contribution < -0.4 is 10.6 Å². The fourth-order valence-electron chi connectivity index (χ4n) is 2.33. The molecule has 1 aliphatic heterocycles. The maximum absolute atomic E-state index is 6.06. The first-order chi connectivity index (χ1) is 9.20. The van der Waals surface area contributed by atoms with Crippen molar-refractivity contribution in [1.82, 2.24) is 15.5 Å². The summed E-state index contributed by atoms with van der Waals surface area (Å²) in [6.45, 7) is 9.77. The molecule has 1 rings (SSSR count). The van der Waals surface area contributed by atoms with Crippen LogP contribution in [0.15, 0.2) is 0 Å². The van der Waals surface area contributed by atoms with Crippen molar-refractivity contribution in [3.8, 4) is 0 Å². The maximum Gasteiger partial charge on any atom is 0.334 e. The highest BCUT2D eigenvalue weighted by atomic mass is 28.4. The van der Waals surface area contributed by atoms with Gasteiger partial charge in [0.15, 0.2) is 0 Å². The summed E-state index contributed by atoms with van der Waals surface area (Å²) in [5.41, 5.74) is 0. The summed E-state index contributed by atoms with van der Waals surface area (Å²) in [5.74, 6) is 0. The first kappa shape index (κ1) is 17.1. The van der Waals surface area contributed by atoms with Gasteiger partial charge in [0.2, 0.25) is 0 Å². The minimum absolute atomic E-state index is 0.833. The molecule has 0 radical (unpaired) electrons. The molecule has 0 aromatic heterocycles. The summed E-state index contributed by atoms with van der Waals surface area (Å²) >= 11 is 0. The third-order valence-electron chi connectivity index (χ3n) is 3.73. The van der Waals surface area contributed by atoms with Crippen molar-refractivity contribution in [2.75, 3.05) is 60.0 Å². The van der Waals surface area contributed by atoms with E-state index in [1.54, 1.807) is 7.11 Å². The Morgan fingerprint density at radius 3 is 2.63 bits per heavy atom. The second kappa shape index (κ2) is 9.85. The number of nitrogens with zero attached hydrogens (tertiary/aromatic N) is 1. The van der Waals surface area contributed by atoms with Crippen molar-refractivity contribution in [1.29, 1.82) is 0 Å². The Bertz CT molecular complexity index is 228. The average Bonchev–Trinajstić information content (AvgIpc) is 2.45. The van der Waals surface area contributed by atoms with Gasteiger partial charge < -0.3 is 24.4 Å². The summed E-state index contributed by atoms with van der Waals surface area (Å²) in [5, 5.41) is 6.55. The Morgan fingerprint density at radius 1 is 1.26 bits per heavy atom. The number of hydrogen-bond donors (Lipinski definition) is 2. The summed E-state index contributed by atoms with van der Waals surface area (Å²) < 4.78 is 11.7. The molecule has 2 N–H and O–H groups in total. The number of hydrogen-bond acceptors (Lipinski definition) is 5. The molecule has 0 spiro atoms. The SMILES string of the molecule is CNCCC[Si](C)(OC)OCCCN1CCNCC1. The molecule has 1 atom stereocenters. The molecule has 0 aromatic rings. The molecular formula is C13H31N3O2Si. The molecule has 0 aliphatic carbocycles. The molecule has 0 bridgehead atoms. The van der Waals surface area contributed by atoms with Gasteiger partial charge in [-0.1, -0.05) is 0 Å². The van der Waals surface area contributed by atoms with Gasteiger partial charge in [0, 0.05) is 46.4 Å². The van der Waals surface area contributed by atoms with E-state index < -0.39 is 8.56 Å². The van der Waals surface area contributed by atoms with E-state index in [9.17, 15) is 0 Å². The third kappa shape index (κ3) is 7.39. The zero-order chi connectivity index (χ0) is 14.0. The van der Waals surface area contributed by atoms with Crippen LogP contribution in [0.3, 0.4) is 0 Å². The van der Waals surface area contributed by atoms with E-state index in [0.717, 1.165) is 51.7 Å². The second-order valence-electron chi connectivity index (χ2n) is 5.34. The lowest BCUT2D eigenvalue weighted by Crippen LogP contribution is -2.44. The molecule has 5 nitrogen and oxygen atoms in total. The van der Waals surface area contributed by atoms with Gasteiger partial charge in [-0.3, -0.25) is 0 Å². The molecule has 6 heteroatoms. The van der Waals surface area contributed by atoms with Crippen LogP contribution in [-0.2, 0) is 8.85 Å². The minimum atomic E-state index is -1.92. The predicted octanol–water partition coefficient (Wildman–Crippen LogP) is 0.626. The number of rotatable bonds is 10. The van der Waals surface area contributed by atoms with E-state index in [-0.39, 0.29) is 0 Å². The monoisotopic (exact) mass is 289 g/mol. The number of nitrogens with one attached hydrogen (secondary N) is 2. The Kier molecular flexibility index (Phi) is 8.85. The third-order valence-corrected chi connectivity index (χ3v) is 6.67. The van der Waals surface area contributed by atoms with Crippen LogP contribution in [0.4, 0.5) is 0 Å². The van der Waals surface area contributed by atoms with E-state index in [1.807, 2.05) is 7.05 Å². The van der Waals surface area contributed by atoms with E-state index in [2.05, 4.69) is 22.1 Å². The molecule has 0 aromatic carbocycles. The lowest BCUT2D eigenvalue weighted by Gasteiger charge is -2.28. The van der Waals surface area contributed by atoms with Gasteiger partial charge >= 0.3 is 8.56 Å². The smallest absolute Gasteiger partial charge is 0.334 e. The predicted molar refractivity (Wildman–Crippen MR) is 81.9 cm³/mol. The van der Waals surface area contributed by atoms with Crippen LogP contribution in [0.2, 0.25) is 12.6 Å². The Hall–Kier alpha value is 0.0169. The Labute approximate surface area is 119 Å². The van der Waals surface area contributed by atoms with E-state index >= 15 is 0 Å². The Morgan fingerprint density at radius 2 is 2.00 bits per heavy atom. The van der Waals surface area contributed by atoms with Gasteiger partial charge in [0.1, 0.15) is 0 Å². The zero-order valence-corrected chi connectivity index (χ0v) is 13.8. The molecule has 0 amide bonds. The summed E-state index contributed by atoms with van der Waals surface area (Å²) in [7, 11) is 1.86. The van der Waals surface area contributed by atoms with Crippen LogP contribution in [0.1, 0.15) is 12.8 Å². The standard InChI is InChI=1S/C13H31N3O2Si/c1-14-6-4-13-19(3,17-2)18-12-5-9-16-10-7-15-8-11-16/h14-15H,4-13H2,1-3H3. The van der Waals surface area contributed by atoms with Crippen molar-refractivity contribution < 1.29 is 8.85 Å². The van der Waals surface area contributed by atoms with Gasteiger partial charge in [-0.15, -0.1) is 0 Å². The molecule has 1 unspecified atom stereocenters. The van der Waals surface area contributed by atoms with E-state index in [4.69, 9.17) is 8.85 Å². The lowest BCUT2D eigenvalue weighted by atomic mass is 10.3. The Balaban J connectivity index is 2.10. The zero-order valence-electron chi connectivity index (χ0n) is 12.8. The van der Waals surface area contributed by atoms with Gasteiger partial charge in [0.25, 0.3) is 0 Å². The van der Waals surface area contributed by atoms with Gasteiger partial charge in [-0.25, -0.2) is 0 Å². The van der Waals surface area contributed by atoms with Crippen molar-refractivity contribution in [3.63, 3.8) is 0 Å². The lowest BCUT2D eigenvalue weighted by molar-refractivity contribution is 0.176. The van der Waals surface area contributed by atoms with Crippen molar-refractivity contribution in [2.45, 2.75) is 25.4 Å². The molecule has 114 valence electrons. The van der Waals surface area contributed by atoms with Crippen LogP contribution in [0.5, 0.6) is 0 Å². The fourth-order valence-corrected chi connectivity index (χ4v) is 4.19. The molecule has 1 aliphatic rings. The van der Waals surface area contributed by atoms with Crippen molar-refractivity contribution >= 4 is 8.56 Å². The molecular weight excluding hydrogens is 258 g/mol. The normalized spacial score (nSPS) is 20.4. The molecule has 1 fully saturated rings. The quantitative estimate of drug-likeness (QED) is 0.456. The summed E-state index contributed by atoms with van der Waals surface area (Å²) in [4.78, 5) is 2.51. The molecule has 0 saturated carbocycles. The van der Waals surface area contributed by atoms with E-state index in [0.29, 0.717) is 0 Å². The van der Waals surface area contributed by atoms with Crippen LogP contribution >= 0.6 is 0 Å². The highest BCUT2D eigenvalue weighted by molar-refractivity contribution is 6.65. The number of piperazine rings is 1. The maximum atomic E-state index is 6.06. The van der Waals surface area contributed by atoms with Gasteiger partial charge in [-0.2, -0.15) is 0 Å². The average molecular weight is 289 g/mol.